The second kappa shape index (κ2) is 15.9. The average molecular weight is 413 g/mol. The third-order valence-corrected chi connectivity index (χ3v) is 3.66. The molecule has 0 rings (SSSR count). The molecule has 0 spiro atoms. The van der Waals surface area contributed by atoms with Gasteiger partial charge in [-0.2, -0.15) is 0 Å². The summed E-state index contributed by atoms with van der Waals surface area (Å²) in [6.07, 6.45) is 8.21. The SMILES string of the molecule is CCCCCCCCOC(=O)CNC(=O)OCCCCI. The molecule has 0 unspecified atom stereocenters. The van der Waals surface area contributed by atoms with Crippen LogP contribution in [-0.2, 0) is 14.3 Å². The van der Waals surface area contributed by atoms with Crippen molar-refractivity contribution < 1.29 is 19.1 Å². The van der Waals surface area contributed by atoms with Gasteiger partial charge in [-0.25, -0.2) is 4.79 Å². The van der Waals surface area contributed by atoms with E-state index in [4.69, 9.17) is 9.47 Å². The summed E-state index contributed by atoms with van der Waals surface area (Å²) in [6.45, 7) is 2.88. The van der Waals surface area contributed by atoms with Crippen LogP contribution < -0.4 is 5.32 Å². The molecule has 0 aliphatic heterocycles. The summed E-state index contributed by atoms with van der Waals surface area (Å²) in [5, 5.41) is 2.39. The Bertz CT molecular complexity index is 274. The third-order valence-electron chi connectivity index (χ3n) is 2.90. The Kier molecular flexibility index (Phi) is 15.5. The topological polar surface area (TPSA) is 64.6 Å². The zero-order valence-corrected chi connectivity index (χ0v) is 15.2. The minimum atomic E-state index is -0.556. The van der Waals surface area contributed by atoms with Gasteiger partial charge < -0.3 is 14.8 Å². The first-order chi connectivity index (χ1) is 10.2. The molecule has 21 heavy (non-hydrogen) atoms. The van der Waals surface area contributed by atoms with E-state index in [1.807, 2.05) is 0 Å². The zero-order chi connectivity index (χ0) is 15.8. The van der Waals surface area contributed by atoms with Crippen molar-refractivity contribution in [3.8, 4) is 0 Å². The van der Waals surface area contributed by atoms with Crippen molar-refractivity contribution in [3.05, 3.63) is 0 Å². The number of ether oxygens (including phenoxy) is 2. The Balaban J connectivity index is 3.35. The number of unbranched alkanes of at least 4 members (excludes halogenated alkanes) is 6. The maximum atomic E-state index is 11.4. The minimum absolute atomic E-state index is 0.124. The van der Waals surface area contributed by atoms with Crippen LogP contribution in [0.25, 0.3) is 0 Å². The number of alkyl halides is 1. The minimum Gasteiger partial charge on any atom is -0.464 e. The van der Waals surface area contributed by atoms with Gasteiger partial charge in [0.2, 0.25) is 0 Å². The highest BCUT2D eigenvalue weighted by molar-refractivity contribution is 14.1. The molecule has 0 saturated carbocycles. The molecule has 0 aliphatic carbocycles. The van der Waals surface area contributed by atoms with Gasteiger partial charge in [-0.05, 0) is 23.7 Å². The molecule has 0 bridgehead atoms. The molecule has 0 aliphatic rings. The number of halogens is 1. The predicted octanol–water partition coefficient (Wildman–Crippen LogP) is 3.83. The van der Waals surface area contributed by atoms with Crippen molar-refractivity contribution in [2.24, 2.45) is 0 Å². The molecule has 0 saturated heterocycles. The summed E-state index contributed by atoms with van der Waals surface area (Å²) in [5.74, 6) is -0.409. The maximum Gasteiger partial charge on any atom is 0.407 e. The lowest BCUT2D eigenvalue weighted by Crippen LogP contribution is -2.31. The van der Waals surface area contributed by atoms with E-state index in [2.05, 4.69) is 34.8 Å². The average Bonchev–Trinajstić information content (AvgIpc) is 2.48. The zero-order valence-electron chi connectivity index (χ0n) is 13.0. The summed E-state index contributed by atoms with van der Waals surface area (Å²) < 4.78 is 11.0. The van der Waals surface area contributed by atoms with Gasteiger partial charge in [0.05, 0.1) is 13.2 Å². The molecule has 1 N–H and O–H groups in total. The van der Waals surface area contributed by atoms with Gasteiger partial charge in [0.15, 0.2) is 0 Å². The van der Waals surface area contributed by atoms with Crippen molar-refractivity contribution in [1.82, 2.24) is 5.32 Å². The van der Waals surface area contributed by atoms with Crippen molar-refractivity contribution in [1.29, 1.82) is 0 Å². The van der Waals surface area contributed by atoms with Gasteiger partial charge >= 0.3 is 12.1 Å². The number of carbonyl (C=O) groups is 2. The second-order valence-corrected chi connectivity index (χ2v) is 5.95. The first-order valence-corrected chi connectivity index (χ1v) is 9.35. The lowest BCUT2D eigenvalue weighted by molar-refractivity contribution is -0.142. The number of hydrogen-bond donors (Lipinski definition) is 1. The Morgan fingerprint density at radius 3 is 2.24 bits per heavy atom. The molecule has 0 aromatic heterocycles. The smallest absolute Gasteiger partial charge is 0.407 e. The number of carbonyl (C=O) groups excluding carboxylic acids is 2. The van der Waals surface area contributed by atoms with E-state index in [0.717, 1.165) is 30.1 Å². The summed E-state index contributed by atoms with van der Waals surface area (Å²) in [6, 6.07) is 0. The lowest BCUT2D eigenvalue weighted by Gasteiger charge is -2.07. The Morgan fingerprint density at radius 2 is 1.52 bits per heavy atom. The summed E-state index contributed by atoms with van der Waals surface area (Å²) in [7, 11) is 0. The number of alkyl carbamates (subject to hydrolysis) is 1. The number of esters is 1. The van der Waals surface area contributed by atoms with Crippen LogP contribution in [0.3, 0.4) is 0 Å². The number of rotatable bonds is 13. The summed E-state index contributed by atoms with van der Waals surface area (Å²) >= 11 is 2.28. The van der Waals surface area contributed by atoms with E-state index in [-0.39, 0.29) is 6.54 Å². The number of hydrogen-bond acceptors (Lipinski definition) is 4. The van der Waals surface area contributed by atoms with E-state index in [1.165, 1.54) is 25.7 Å². The molecule has 0 aromatic carbocycles. The second-order valence-electron chi connectivity index (χ2n) is 4.87. The van der Waals surface area contributed by atoms with Gasteiger partial charge in [0, 0.05) is 0 Å². The Hall–Kier alpha value is -0.530. The van der Waals surface area contributed by atoms with E-state index in [1.54, 1.807) is 0 Å². The molecule has 1 amide bonds. The maximum absolute atomic E-state index is 11.4. The van der Waals surface area contributed by atoms with Crippen molar-refractivity contribution >= 4 is 34.7 Å². The molecule has 5 nitrogen and oxygen atoms in total. The van der Waals surface area contributed by atoms with Crippen molar-refractivity contribution in [2.45, 2.75) is 58.3 Å². The first kappa shape index (κ1) is 20.5. The summed E-state index contributed by atoms with van der Waals surface area (Å²) in [4.78, 5) is 22.6. The number of amides is 1. The van der Waals surface area contributed by atoms with Crippen LogP contribution >= 0.6 is 22.6 Å². The van der Waals surface area contributed by atoms with E-state index >= 15 is 0 Å². The quantitative estimate of drug-likeness (QED) is 0.216. The Morgan fingerprint density at radius 1 is 0.905 bits per heavy atom. The predicted molar refractivity (Wildman–Crippen MR) is 91.8 cm³/mol. The fourth-order valence-corrected chi connectivity index (χ4v) is 2.22. The van der Waals surface area contributed by atoms with E-state index in [0.29, 0.717) is 13.2 Å². The van der Waals surface area contributed by atoms with Crippen LogP contribution in [0.4, 0.5) is 4.79 Å². The van der Waals surface area contributed by atoms with Crippen LogP contribution in [0.15, 0.2) is 0 Å². The first-order valence-electron chi connectivity index (χ1n) is 7.83. The standard InChI is InChI=1S/C15H28INO4/c1-2-3-4-5-6-8-11-20-14(18)13-17-15(19)21-12-9-7-10-16/h2-13H2,1H3,(H,17,19). The van der Waals surface area contributed by atoms with Crippen molar-refractivity contribution in [3.63, 3.8) is 0 Å². The highest BCUT2D eigenvalue weighted by atomic mass is 127. The fourth-order valence-electron chi connectivity index (χ4n) is 1.68. The molecule has 0 fully saturated rings. The van der Waals surface area contributed by atoms with Crippen LogP contribution in [0, 0.1) is 0 Å². The van der Waals surface area contributed by atoms with Crippen LogP contribution in [0.5, 0.6) is 0 Å². The molecule has 6 heteroatoms. The van der Waals surface area contributed by atoms with Crippen molar-refractivity contribution in [2.75, 3.05) is 24.2 Å². The summed E-state index contributed by atoms with van der Waals surface area (Å²) in [5.41, 5.74) is 0. The molecular weight excluding hydrogens is 385 g/mol. The molecule has 0 aromatic rings. The van der Waals surface area contributed by atoms with E-state index < -0.39 is 12.1 Å². The van der Waals surface area contributed by atoms with Crippen LogP contribution in [0.1, 0.15) is 58.3 Å². The monoisotopic (exact) mass is 413 g/mol. The van der Waals surface area contributed by atoms with Gasteiger partial charge in [-0.3, -0.25) is 4.79 Å². The normalized spacial score (nSPS) is 10.2. The highest BCUT2D eigenvalue weighted by Crippen LogP contribution is 2.04. The fraction of sp³-hybridized carbons (Fsp3) is 0.867. The molecule has 0 heterocycles. The highest BCUT2D eigenvalue weighted by Gasteiger charge is 2.06. The number of nitrogens with one attached hydrogen (secondary N) is 1. The van der Waals surface area contributed by atoms with Gasteiger partial charge in [-0.15, -0.1) is 0 Å². The molecular formula is C15H28INO4. The molecule has 0 radical (unpaired) electrons. The molecule has 124 valence electrons. The Labute approximate surface area is 141 Å². The van der Waals surface area contributed by atoms with Gasteiger partial charge in [0.25, 0.3) is 0 Å². The largest absolute Gasteiger partial charge is 0.464 e. The van der Waals surface area contributed by atoms with Gasteiger partial charge in [-0.1, -0.05) is 61.6 Å². The van der Waals surface area contributed by atoms with Crippen LogP contribution in [0.2, 0.25) is 0 Å². The lowest BCUT2D eigenvalue weighted by atomic mass is 10.1. The van der Waals surface area contributed by atoms with Crippen LogP contribution in [-0.4, -0.2) is 36.2 Å². The molecule has 0 atom stereocenters. The third kappa shape index (κ3) is 15.7. The van der Waals surface area contributed by atoms with Gasteiger partial charge in [0.1, 0.15) is 6.54 Å². The van der Waals surface area contributed by atoms with E-state index in [9.17, 15) is 9.59 Å².